The lowest BCUT2D eigenvalue weighted by Crippen LogP contribution is -1.99. The molecule has 0 atom stereocenters. The van der Waals surface area contributed by atoms with E-state index in [2.05, 4.69) is 4.98 Å². The number of benzene rings is 2. The van der Waals surface area contributed by atoms with E-state index in [-0.39, 0.29) is 17.3 Å². The Morgan fingerprint density at radius 1 is 1.18 bits per heavy atom. The van der Waals surface area contributed by atoms with E-state index < -0.39 is 9.84 Å². The van der Waals surface area contributed by atoms with Gasteiger partial charge < -0.3 is 10.7 Å². The van der Waals surface area contributed by atoms with E-state index >= 15 is 0 Å². The fourth-order valence-electron chi connectivity index (χ4n) is 2.58. The van der Waals surface area contributed by atoms with E-state index in [1.165, 1.54) is 12.1 Å². The molecule has 0 spiro atoms. The maximum Gasteiger partial charge on any atom is 0.175 e. The van der Waals surface area contributed by atoms with Crippen molar-refractivity contribution >= 4 is 20.7 Å². The van der Waals surface area contributed by atoms with Crippen LogP contribution in [0.3, 0.4) is 0 Å². The number of hydrogen-bond acceptors (Lipinski definition) is 3. The van der Waals surface area contributed by atoms with E-state index in [1.807, 2.05) is 0 Å². The average Bonchev–Trinajstić information content (AvgIpc) is 2.84. The molecular formula is C16H15FN2O2S. The summed E-state index contributed by atoms with van der Waals surface area (Å²) in [5, 5.41) is 0.647. The summed E-state index contributed by atoms with van der Waals surface area (Å²) in [6.45, 7) is 0.201. The van der Waals surface area contributed by atoms with Crippen molar-refractivity contribution in [2.45, 2.75) is 11.4 Å². The van der Waals surface area contributed by atoms with Crippen LogP contribution in [-0.2, 0) is 16.4 Å². The van der Waals surface area contributed by atoms with Crippen LogP contribution in [-0.4, -0.2) is 19.7 Å². The fourth-order valence-corrected chi connectivity index (χ4v) is 3.23. The van der Waals surface area contributed by atoms with Crippen molar-refractivity contribution in [3.63, 3.8) is 0 Å². The van der Waals surface area contributed by atoms with Gasteiger partial charge in [-0.1, -0.05) is 18.2 Å². The fraction of sp³-hybridized carbons (Fsp3) is 0.125. The quantitative estimate of drug-likeness (QED) is 0.779. The van der Waals surface area contributed by atoms with Crippen LogP contribution in [0.5, 0.6) is 0 Å². The minimum Gasteiger partial charge on any atom is -0.357 e. The van der Waals surface area contributed by atoms with Crippen molar-refractivity contribution in [2.24, 2.45) is 5.73 Å². The van der Waals surface area contributed by atoms with Crippen LogP contribution in [0.4, 0.5) is 4.39 Å². The van der Waals surface area contributed by atoms with Crippen molar-refractivity contribution in [1.82, 2.24) is 4.98 Å². The zero-order valence-electron chi connectivity index (χ0n) is 11.9. The van der Waals surface area contributed by atoms with E-state index in [4.69, 9.17) is 5.73 Å². The van der Waals surface area contributed by atoms with Gasteiger partial charge in [-0.15, -0.1) is 0 Å². The van der Waals surface area contributed by atoms with Crippen LogP contribution in [0, 0.1) is 5.82 Å². The van der Waals surface area contributed by atoms with Crippen LogP contribution < -0.4 is 5.73 Å². The van der Waals surface area contributed by atoms with Crippen molar-refractivity contribution in [1.29, 1.82) is 0 Å². The van der Waals surface area contributed by atoms with Crippen molar-refractivity contribution in [3.05, 3.63) is 54.0 Å². The molecule has 22 heavy (non-hydrogen) atoms. The van der Waals surface area contributed by atoms with Crippen molar-refractivity contribution in [2.75, 3.05) is 6.26 Å². The van der Waals surface area contributed by atoms with E-state index in [0.29, 0.717) is 22.2 Å². The number of halogens is 1. The van der Waals surface area contributed by atoms with Gasteiger partial charge in [0.1, 0.15) is 5.82 Å². The second kappa shape index (κ2) is 5.23. The lowest BCUT2D eigenvalue weighted by molar-refractivity contribution is 0.602. The topological polar surface area (TPSA) is 76.0 Å². The molecule has 114 valence electrons. The zero-order valence-corrected chi connectivity index (χ0v) is 12.7. The third kappa shape index (κ3) is 2.40. The van der Waals surface area contributed by atoms with Gasteiger partial charge in [0.2, 0.25) is 0 Å². The first kappa shape index (κ1) is 14.7. The molecule has 3 aromatic rings. The number of nitrogens with one attached hydrogen (secondary N) is 1. The molecule has 0 amide bonds. The first-order valence-electron chi connectivity index (χ1n) is 6.71. The van der Waals surface area contributed by atoms with Gasteiger partial charge in [-0.2, -0.15) is 0 Å². The summed E-state index contributed by atoms with van der Waals surface area (Å²) in [6, 6.07) is 11.1. The summed E-state index contributed by atoms with van der Waals surface area (Å²) < 4.78 is 37.7. The molecule has 0 radical (unpaired) electrons. The Labute approximate surface area is 127 Å². The third-order valence-corrected chi connectivity index (χ3v) is 4.73. The molecule has 0 saturated carbocycles. The highest BCUT2D eigenvalue weighted by Crippen LogP contribution is 2.35. The number of nitrogens with two attached hydrogens (primary N) is 1. The maximum absolute atomic E-state index is 14.2. The van der Waals surface area contributed by atoms with Gasteiger partial charge >= 0.3 is 0 Å². The number of fused-ring (bicyclic) bond motifs is 1. The summed E-state index contributed by atoms with van der Waals surface area (Å²) >= 11 is 0. The molecule has 0 unspecified atom stereocenters. The molecule has 1 heterocycles. The summed E-state index contributed by atoms with van der Waals surface area (Å²) in [5.74, 6) is -0.372. The molecule has 0 fully saturated rings. The highest BCUT2D eigenvalue weighted by molar-refractivity contribution is 7.90. The number of sulfone groups is 1. The first-order chi connectivity index (χ1) is 10.4. The first-order valence-corrected chi connectivity index (χ1v) is 8.60. The standard InChI is InChI=1S/C16H15FN2O2S/c1-22(20,21)10-6-7-14-12(8-10)16(15(9-18)19-14)11-4-2-3-5-13(11)17/h2-8,19H,9,18H2,1H3. The van der Waals surface area contributed by atoms with Gasteiger partial charge in [-0.05, 0) is 24.3 Å². The summed E-state index contributed by atoms with van der Waals surface area (Å²) in [6.07, 6.45) is 1.15. The highest BCUT2D eigenvalue weighted by Gasteiger charge is 2.17. The average molecular weight is 318 g/mol. The maximum atomic E-state index is 14.2. The summed E-state index contributed by atoms with van der Waals surface area (Å²) in [5.41, 5.74) is 8.17. The number of H-pyrrole nitrogens is 1. The molecule has 0 bridgehead atoms. The molecule has 3 rings (SSSR count). The van der Waals surface area contributed by atoms with Gasteiger partial charge in [-0.25, -0.2) is 12.8 Å². The summed E-state index contributed by atoms with van der Waals surface area (Å²) in [7, 11) is -3.34. The minimum atomic E-state index is -3.34. The zero-order chi connectivity index (χ0) is 15.9. The Morgan fingerprint density at radius 3 is 2.55 bits per heavy atom. The molecule has 0 saturated heterocycles. The Kier molecular flexibility index (Phi) is 3.50. The van der Waals surface area contributed by atoms with Crippen LogP contribution in [0.25, 0.3) is 22.0 Å². The van der Waals surface area contributed by atoms with Crippen LogP contribution >= 0.6 is 0 Å². The lowest BCUT2D eigenvalue weighted by Gasteiger charge is -2.05. The molecule has 6 heteroatoms. The van der Waals surface area contributed by atoms with Crippen molar-refractivity contribution < 1.29 is 12.8 Å². The monoisotopic (exact) mass is 318 g/mol. The van der Waals surface area contributed by atoms with Crippen LogP contribution in [0.15, 0.2) is 47.4 Å². The van der Waals surface area contributed by atoms with E-state index in [0.717, 1.165) is 11.8 Å². The Balaban J connectivity index is 2.39. The largest absolute Gasteiger partial charge is 0.357 e. The molecule has 2 aromatic carbocycles. The van der Waals surface area contributed by atoms with Gasteiger partial charge in [0.15, 0.2) is 9.84 Å². The van der Waals surface area contributed by atoms with Gasteiger partial charge in [0, 0.05) is 40.5 Å². The molecule has 0 aliphatic heterocycles. The third-order valence-electron chi connectivity index (χ3n) is 3.62. The molecule has 1 aromatic heterocycles. The Morgan fingerprint density at radius 2 is 1.91 bits per heavy atom. The van der Waals surface area contributed by atoms with Gasteiger partial charge in [0.25, 0.3) is 0 Å². The minimum absolute atomic E-state index is 0.195. The SMILES string of the molecule is CS(=O)(=O)c1ccc2[nH]c(CN)c(-c3ccccc3F)c2c1. The Hall–Kier alpha value is -2.18. The van der Waals surface area contributed by atoms with E-state index in [9.17, 15) is 12.8 Å². The van der Waals surface area contributed by atoms with Gasteiger partial charge in [-0.3, -0.25) is 0 Å². The van der Waals surface area contributed by atoms with E-state index in [1.54, 1.807) is 30.3 Å². The molecular weight excluding hydrogens is 303 g/mol. The normalized spacial score (nSPS) is 12.0. The van der Waals surface area contributed by atoms with Crippen molar-refractivity contribution in [3.8, 4) is 11.1 Å². The lowest BCUT2D eigenvalue weighted by atomic mass is 10.0. The number of aromatic nitrogens is 1. The van der Waals surface area contributed by atoms with Crippen LogP contribution in [0.1, 0.15) is 5.69 Å². The summed E-state index contributed by atoms with van der Waals surface area (Å²) in [4.78, 5) is 3.33. The number of rotatable bonds is 3. The Bertz CT molecular complexity index is 961. The van der Waals surface area contributed by atoms with Gasteiger partial charge in [0.05, 0.1) is 4.90 Å². The smallest absolute Gasteiger partial charge is 0.175 e. The molecule has 3 N–H and O–H groups in total. The molecule has 0 aliphatic carbocycles. The van der Waals surface area contributed by atoms with Crippen LogP contribution in [0.2, 0.25) is 0 Å². The predicted octanol–water partition coefficient (Wildman–Crippen LogP) is 2.84. The second-order valence-corrected chi connectivity index (χ2v) is 7.16. The second-order valence-electron chi connectivity index (χ2n) is 5.14. The highest BCUT2D eigenvalue weighted by atomic mass is 32.2. The predicted molar refractivity (Wildman–Crippen MR) is 84.7 cm³/mol. The number of aromatic amines is 1. The number of hydrogen-bond donors (Lipinski definition) is 2. The molecule has 4 nitrogen and oxygen atoms in total. The molecule has 0 aliphatic rings.